The Morgan fingerprint density at radius 2 is 1.90 bits per heavy atom. The fourth-order valence-electron chi connectivity index (χ4n) is 2.83. The van der Waals surface area contributed by atoms with Gasteiger partial charge in [-0.15, -0.1) is 0 Å². The third-order valence-electron chi connectivity index (χ3n) is 4.14. The molecule has 1 saturated heterocycles. The van der Waals surface area contributed by atoms with E-state index in [4.69, 9.17) is 0 Å². The molecule has 0 radical (unpaired) electrons. The minimum Gasteiger partial charge on any atom is -0.340 e. The van der Waals surface area contributed by atoms with Crippen molar-refractivity contribution in [2.75, 3.05) is 0 Å². The Labute approximate surface area is 126 Å². The predicted molar refractivity (Wildman–Crippen MR) is 82.8 cm³/mol. The highest BCUT2D eigenvalue weighted by molar-refractivity contribution is 5.99. The highest BCUT2D eigenvalue weighted by Crippen LogP contribution is 2.23. The van der Waals surface area contributed by atoms with Crippen molar-refractivity contribution >= 4 is 11.8 Å². The normalized spacial score (nSPS) is 21.4. The molecule has 1 fully saturated rings. The highest BCUT2D eigenvalue weighted by atomic mass is 16.2. The van der Waals surface area contributed by atoms with Gasteiger partial charge in [-0.05, 0) is 45.2 Å². The Kier molecular flexibility index (Phi) is 4.08. The second-order valence-electron chi connectivity index (χ2n) is 6.40. The van der Waals surface area contributed by atoms with Gasteiger partial charge in [0.2, 0.25) is 11.8 Å². The number of hydrogen-bond acceptors (Lipinski definition) is 2. The van der Waals surface area contributed by atoms with E-state index in [2.05, 4.69) is 23.5 Å². The molecule has 4 nitrogen and oxygen atoms in total. The van der Waals surface area contributed by atoms with Gasteiger partial charge in [0.25, 0.3) is 0 Å². The first-order chi connectivity index (χ1) is 9.76. The van der Waals surface area contributed by atoms with Gasteiger partial charge in [-0.25, -0.2) is 0 Å². The van der Waals surface area contributed by atoms with Crippen LogP contribution in [0.25, 0.3) is 0 Å². The monoisotopic (exact) mass is 288 g/mol. The third-order valence-corrected chi connectivity index (χ3v) is 4.14. The topological polar surface area (TPSA) is 49.4 Å². The lowest BCUT2D eigenvalue weighted by Crippen LogP contribution is -2.67. The van der Waals surface area contributed by atoms with Crippen molar-refractivity contribution in [3.8, 4) is 0 Å². The number of rotatable bonds is 3. The van der Waals surface area contributed by atoms with Crippen molar-refractivity contribution in [1.29, 1.82) is 0 Å². The molecule has 0 spiro atoms. The van der Waals surface area contributed by atoms with E-state index in [-0.39, 0.29) is 17.9 Å². The number of aryl methyl sites for hydroxylation is 2. The van der Waals surface area contributed by atoms with Crippen LogP contribution in [0.3, 0.4) is 0 Å². The maximum Gasteiger partial charge on any atom is 0.248 e. The van der Waals surface area contributed by atoms with Crippen LogP contribution in [0.5, 0.6) is 0 Å². The molecule has 1 N–H and O–H groups in total. The van der Waals surface area contributed by atoms with Crippen LogP contribution in [0.15, 0.2) is 18.2 Å². The zero-order valence-corrected chi connectivity index (χ0v) is 13.5. The Morgan fingerprint density at radius 3 is 2.52 bits per heavy atom. The van der Waals surface area contributed by atoms with E-state index in [1.165, 1.54) is 0 Å². The Morgan fingerprint density at radius 1 is 1.24 bits per heavy atom. The molecule has 1 aliphatic heterocycles. The molecule has 1 heterocycles. The van der Waals surface area contributed by atoms with E-state index >= 15 is 0 Å². The molecule has 1 aromatic carbocycles. The summed E-state index contributed by atoms with van der Waals surface area (Å²) in [7, 11) is 0. The van der Waals surface area contributed by atoms with E-state index in [1.807, 2.05) is 20.8 Å². The summed E-state index contributed by atoms with van der Waals surface area (Å²) in [5.41, 5.74) is 2.58. The first-order valence-corrected chi connectivity index (χ1v) is 7.45. The van der Waals surface area contributed by atoms with Gasteiger partial charge >= 0.3 is 0 Å². The van der Waals surface area contributed by atoms with Crippen LogP contribution in [0, 0.1) is 13.8 Å². The minimum atomic E-state index is -0.833. The largest absolute Gasteiger partial charge is 0.340 e. The lowest BCUT2D eigenvalue weighted by Gasteiger charge is -2.42. The zero-order chi connectivity index (χ0) is 15.8. The summed E-state index contributed by atoms with van der Waals surface area (Å²) in [6.07, 6.45) is 0.624. The second-order valence-corrected chi connectivity index (χ2v) is 6.40. The predicted octanol–water partition coefficient (Wildman–Crippen LogP) is 2.32. The first-order valence-electron chi connectivity index (χ1n) is 7.45. The number of benzene rings is 1. The molecule has 1 aromatic rings. The maximum absolute atomic E-state index is 12.7. The Hall–Kier alpha value is -1.84. The van der Waals surface area contributed by atoms with E-state index in [0.29, 0.717) is 13.0 Å². The fraction of sp³-hybridized carbons (Fsp3) is 0.529. The summed E-state index contributed by atoms with van der Waals surface area (Å²) in [4.78, 5) is 26.6. The average molecular weight is 288 g/mol. The molecule has 0 saturated carbocycles. The van der Waals surface area contributed by atoms with Crippen molar-refractivity contribution in [3.63, 3.8) is 0 Å². The minimum absolute atomic E-state index is 0.0187. The molecule has 4 heteroatoms. The number of carbonyl (C=O) groups is 2. The number of nitrogens with one attached hydrogen (secondary N) is 1. The molecule has 1 atom stereocenters. The number of hydrogen-bond donors (Lipinski definition) is 1. The maximum atomic E-state index is 12.7. The molecular formula is C17H24N2O2. The molecule has 0 aliphatic carbocycles. The van der Waals surface area contributed by atoms with Crippen LogP contribution in [-0.2, 0) is 16.1 Å². The molecule has 2 amide bonds. The highest BCUT2D eigenvalue weighted by Gasteiger charge is 2.44. The SMILES string of the molecule is CCC1C(=O)NC(C)(C)C(=O)N1Cc1cc(C)ccc1C. The molecule has 21 heavy (non-hydrogen) atoms. The number of amides is 2. The van der Waals surface area contributed by atoms with Gasteiger partial charge in [0.05, 0.1) is 0 Å². The third kappa shape index (κ3) is 2.94. The van der Waals surface area contributed by atoms with Gasteiger partial charge < -0.3 is 10.2 Å². The van der Waals surface area contributed by atoms with Crippen LogP contribution >= 0.6 is 0 Å². The van der Waals surface area contributed by atoms with Crippen molar-refractivity contribution in [1.82, 2.24) is 10.2 Å². The second kappa shape index (κ2) is 5.51. The summed E-state index contributed by atoms with van der Waals surface area (Å²) in [6, 6.07) is 5.83. The molecule has 114 valence electrons. The average Bonchev–Trinajstić information content (AvgIpc) is 2.39. The molecule has 2 rings (SSSR count). The number of piperazine rings is 1. The molecular weight excluding hydrogens is 264 g/mol. The summed E-state index contributed by atoms with van der Waals surface area (Å²) >= 11 is 0. The molecule has 1 unspecified atom stereocenters. The van der Waals surface area contributed by atoms with Crippen LogP contribution < -0.4 is 5.32 Å². The van der Waals surface area contributed by atoms with Gasteiger partial charge in [-0.3, -0.25) is 9.59 Å². The van der Waals surface area contributed by atoms with Gasteiger partial charge in [-0.2, -0.15) is 0 Å². The molecule has 0 bridgehead atoms. The summed E-state index contributed by atoms with van der Waals surface area (Å²) in [5, 5.41) is 2.82. The number of carbonyl (C=O) groups excluding carboxylic acids is 2. The van der Waals surface area contributed by atoms with Gasteiger partial charge in [0.15, 0.2) is 0 Å². The Bertz CT molecular complexity index is 578. The number of nitrogens with zero attached hydrogens (tertiary/aromatic N) is 1. The lowest BCUT2D eigenvalue weighted by molar-refractivity contribution is -0.154. The van der Waals surface area contributed by atoms with Crippen LogP contribution in [0.4, 0.5) is 0 Å². The standard InChI is InChI=1S/C17H24N2O2/c1-6-14-15(20)18-17(4,5)16(21)19(14)10-13-9-11(2)7-8-12(13)3/h7-9,14H,6,10H2,1-5H3,(H,18,20). The summed E-state index contributed by atoms with van der Waals surface area (Å²) in [6.45, 7) is 10.0. The quantitative estimate of drug-likeness (QED) is 0.928. The fourth-order valence-corrected chi connectivity index (χ4v) is 2.83. The lowest BCUT2D eigenvalue weighted by atomic mass is 9.94. The van der Waals surface area contributed by atoms with Crippen LogP contribution in [0.1, 0.15) is 43.9 Å². The van der Waals surface area contributed by atoms with Crippen molar-refractivity contribution in [3.05, 3.63) is 34.9 Å². The summed E-state index contributed by atoms with van der Waals surface area (Å²) < 4.78 is 0. The van der Waals surface area contributed by atoms with Gasteiger partial charge in [-0.1, -0.05) is 30.7 Å². The van der Waals surface area contributed by atoms with Gasteiger partial charge in [0.1, 0.15) is 11.6 Å². The molecule has 1 aliphatic rings. The van der Waals surface area contributed by atoms with Crippen molar-refractivity contribution in [2.45, 2.75) is 59.2 Å². The van der Waals surface area contributed by atoms with Crippen molar-refractivity contribution < 1.29 is 9.59 Å². The van der Waals surface area contributed by atoms with E-state index in [9.17, 15) is 9.59 Å². The van der Waals surface area contributed by atoms with Gasteiger partial charge in [0, 0.05) is 6.54 Å². The first kappa shape index (κ1) is 15.5. The zero-order valence-electron chi connectivity index (χ0n) is 13.5. The van der Waals surface area contributed by atoms with Crippen molar-refractivity contribution in [2.24, 2.45) is 0 Å². The van der Waals surface area contributed by atoms with Crippen LogP contribution in [-0.4, -0.2) is 28.3 Å². The van der Waals surface area contributed by atoms with E-state index in [1.54, 1.807) is 18.7 Å². The Balaban J connectivity index is 2.36. The summed E-state index contributed by atoms with van der Waals surface area (Å²) in [5.74, 6) is -0.0812. The van der Waals surface area contributed by atoms with E-state index in [0.717, 1.165) is 16.7 Å². The molecule has 0 aromatic heterocycles. The van der Waals surface area contributed by atoms with E-state index < -0.39 is 5.54 Å². The van der Waals surface area contributed by atoms with Crippen LogP contribution in [0.2, 0.25) is 0 Å². The smallest absolute Gasteiger partial charge is 0.248 e.